The Balaban J connectivity index is 1.99. The molecule has 26 heavy (non-hydrogen) atoms. The van der Waals surface area contributed by atoms with E-state index in [0.717, 1.165) is 30.0 Å². The molecule has 5 nitrogen and oxygen atoms in total. The van der Waals surface area contributed by atoms with Crippen molar-refractivity contribution >= 4 is 29.1 Å². The van der Waals surface area contributed by atoms with Crippen molar-refractivity contribution in [2.75, 3.05) is 24.3 Å². The molecule has 6 heteroatoms. The van der Waals surface area contributed by atoms with Crippen molar-refractivity contribution < 1.29 is 4.74 Å². The van der Waals surface area contributed by atoms with Crippen LogP contribution >= 0.6 is 11.6 Å². The van der Waals surface area contributed by atoms with E-state index in [2.05, 4.69) is 27.5 Å². The second kappa shape index (κ2) is 8.54. The molecule has 0 saturated carbocycles. The maximum atomic E-state index is 6.12. The number of benzene rings is 2. The molecule has 3 rings (SSSR count). The molecule has 0 saturated heterocycles. The third-order valence-corrected chi connectivity index (χ3v) is 3.99. The van der Waals surface area contributed by atoms with E-state index in [1.807, 2.05) is 42.5 Å². The quantitative estimate of drug-likeness (QED) is 0.587. The number of rotatable bonds is 7. The zero-order valence-corrected chi connectivity index (χ0v) is 15.5. The molecule has 2 N–H and O–H groups in total. The summed E-state index contributed by atoms with van der Waals surface area (Å²) in [5, 5.41) is 7.15. The molecule has 0 aliphatic heterocycles. The van der Waals surface area contributed by atoms with Gasteiger partial charge in [0.05, 0.1) is 18.5 Å². The predicted octanol–water partition coefficient (Wildman–Crippen LogP) is 5.37. The van der Waals surface area contributed by atoms with Gasteiger partial charge in [0.1, 0.15) is 11.6 Å². The average molecular weight is 369 g/mol. The number of hydrogen-bond donors (Lipinski definition) is 2. The zero-order chi connectivity index (χ0) is 18.4. The third-order valence-electron chi connectivity index (χ3n) is 3.76. The minimum atomic E-state index is 0.477. The third kappa shape index (κ3) is 4.43. The molecule has 0 radical (unpaired) electrons. The van der Waals surface area contributed by atoms with Crippen LogP contribution in [0.5, 0.6) is 5.75 Å². The highest BCUT2D eigenvalue weighted by Gasteiger charge is 2.10. The molecule has 0 aliphatic carbocycles. The Morgan fingerprint density at radius 1 is 1.04 bits per heavy atom. The highest BCUT2D eigenvalue weighted by atomic mass is 35.5. The number of nitrogens with one attached hydrogen (secondary N) is 2. The lowest BCUT2D eigenvalue weighted by molar-refractivity contribution is 0.417. The van der Waals surface area contributed by atoms with Crippen molar-refractivity contribution in [2.45, 2.75) is 13.3 Å². The van der Waals surface area contributed by atoms with Gasteiger partial charge in [-0.25, -0.2) is 4.98 Å². The van der Waals surface area contributed by atoms with Crippen LogP contribution in [-0.2, 0) is 0 Å². The maximum Gasteiger partial charge on any atom is 0.229 e. The van der Waals surface area contributed by atoms with Crippen molar-refractivity contribution in [3.63, 3.8) is 0 Å². The fourth-order valence-electron chi connectivity index (χ4n) is 2.50. The smallest absolute Gasteiger partial charge is 0.229 e. The Morgan fingerprint density at radius 3 is 2.58 bits per heavy atom. The standard InChI is InChI=1S/C20H21ClN4O/c1-3-11-22-19-13-16(14-7-5-4-6-8-14)23-20(25-19)24-17-12-15(21)9-10-18(17)26-2/h4-10,12-13H,3,11H2,1-2H3,(H2,22,23,24,25). The Bertz CT molecular complexity index is 871. The summed E-state index contributed by atoms with van der Waals surface area (Å²) in [7, 11) is 1.61. The summed E-state index contributed by atoms with van der Waals surface area (Å²) in [5.41, 5.74) is 2.57. The van der Waals surface area contributed by atoms with Crippen LogP contribution in [0.15, 0.2) is 54.6 Å². The first-order valence-electron chi connectivity index (χ1n) is 8.48. The van der Waals surface area contributed by atoms with Gasteiger partial charge < -0.3 is 15.4 Å². The van der Waals surface area contributed by atoms with Gasteiger partial charge in [0.25, 0.3) is 0 Å². The minimum absolute atomic E-state index is 0.477. The largest absolute Gasteiger partial charge is 0.495 e. The van der Waals surface area contributed by atoms with E-state index in [1.54, 1.807) is 19.2 Å². The topological polar surface area (TPSA) is 59.1 Å². The highest BCUT2D eigenvalue weighted by Crippen LogP contribution is 2.30. The summed E-state index contributed by atoms with van der Waals surface area (Å²) in [5.74, 6) is 1.92. The van der Waals surface area contributed by atoms with Crippen LogP contribution in [0, 0.1) is 0 Å². The molecule has 0 aliphatic rings. The first-order valence-corrected chi connectivity index (χ1v) is 8.86. The molecule has 1 aromatic heterocycles. The first kappa shape index (κ1) is 18.0. The summed E-state index contributed by atoms with van der Waals surface area (Å²) in [6.45, 7) is 2.95. The van der Waals surface area contributed by atoms with E-state index >= 15 is 0 Å². The van der Waals surface area contributed by atoms with E-state index in [9.17, 15) is 0 Å². The number of aromatic nitrogens is 2. The first-order chi connectivity index (χ1) is 12.7. The monoisotopic (exact) mass is 368 g/mol. The van der Waals surface area contributed by atoms with Gasteiger partial charge in [-0.2, -0.15) is 4.98 Å². The lowest BCUT2D eigenvalue weighted by atomic mass is 10.1. The number of anilines is 3. The molecule has 1 heterocycles. The molecule has 0 amide bonds. The zero-order valence-electron chi connectivity index (χ0n) is 14.8. The van der Waals surface area contributed by atoms with Crippen LogP contribution in [-0.4, -0.2) is 23.6 Å². The lowest BCUT2D eigenvalue weighted by Crippen LogP contribution is -2.06. The molecular weight excluding hydrogens is 348 g/mol. The maximum absolute atomic E-state index is 6.12. The second-order valence-corrected chi connectivity index (χ2v) is 6.16. The van der Waals surface area contributed by atoms with Gasteiger partial charge in [-0.05, 0) is 24.6 Å². The van der Waals surface area contributed by atoms with Gasteiger partial charge in [0.2, 0.25) is 5.95 Å². The summed E-state index contributed by atoms with van der Waals surface area (Å²) in [4.78, 5) is 9.22. The number of methoxy groups -OCH3 is 1. The molecule has 0 bridgehead atoms. The molecule has 2 aromatic carbocycles. The number of hydrogen-bond acceptors (Lipinski definition) is 5. The van der Waals surface area contributed by atoms with E-state index in [0.29, 0.717) is 22.4 Å². The van der Waals surface area contributed by atoms with Gasteiger partial charge in [-0.15, -0.1) is 0 Å². The molecular formula is C20H21ClN4O. The lowest BCUT2D eigenvalue weighted by Gasteiger charge is -2.13. The molecule has 3 aromatic rings. The van der Waals surface area contributed by atoms with Crippen LogP contribution in [0.2, 0.25) is 5.02 Å². The van der Waals surface area contributed by atoms with Crippen molar-refractivity contribution in [1.82, 2.24) is 9.97 Å². The van der Waals surface area contributed by atoms with E-state index in [4.69, 9.17) is 16.3 Å². The van der Waals surface area contributed by atoms with E-state index in [1.165, 1.54) is 0 Å². The van der Waals surface area contributed by atoms with Gasteiger partial charge in [-0.1, -0.05) is 48.9 Å². The van der Waals surface area contributed by atoms with Crippen molar-refractivity contribution in [1.29, 1.82) is 0 Å². The predicted molar refractivity (Wildman–Crippen MR) is 108 cm³/mol. The van der Waals surface area contributed by atoms with Crippen molar-refractivity contribution in [3.05, 3.63) is 59.6 Å². The number of halogens is 1. The number of nitrogens with zero attached hydrogens (tertiary/aromatic N) is 2. The van der Waals surface area contributed by atoms with Gasteiger partial charge in [0.15, 0.2) is 0 Å². The molecule has 0 unspecified atom stereocenters. The molecule has 0 atom stereocenters. The Hall–Kier alpha value is -2.79. The second-order valence-electron chi connectivity index (χ2n) is 5.72. The summed E-state index contributed by atoms with van der Waals surface area (Å²) < 4.78 is 5.39. The van der Waals surface area contributed by atoms with Crippen molar-refractivity contribution in [2.24, 2.45) is 0 Å². The summed E-state index contributed by atoms with van der Waals surface area (Å²) in [6.07, 6.45) is 1.01. The van der Waals surface area contributed by atoms with Crippen LogP contribution in [0.1, 0.15) is 13.3 Å². The Labute approximate surface area is 158 Å². The highest BCUT2D eigenvalue weighted by molar-refractivity contribution is 6.31. The van der Waals surface area contributed by atoms with Crippen molar-refractivity contribution in [3.8, 4) is 17.0 Å². The van der Waals surface area contributed by atoms with Crippen LogP contribution in [0.25, 0.3) is 11.3 Å². The Kier molecular flexibility index (Phi) is 5.92. The van der Waals surface area contributed by atoms with Crippen LogP contribution in [0.4, 0.5) is 17.5 Å². The van der Waals surface area contributed by atoms with E-state index < -0.39 is 0 Å². The number of ether oxygens (including phenoxy) is 1. The summed E-state index contributed by atoms with van der Waals surface area (Å²) in [6, 6.07) is 17.3. The van der Waals surface area contributed by atoms with Gasteiger partial charge in [0, 0.05) is 23.2 Å². The normalized spacial score (nSPS) is 10.4. The molecule has 0 fully saturated rings. The molecule has 0 spiro atoms. The Morgan fingerprint density at radius 2 is 1.85 bits per heavy atom. The fraction of sp³-hybridized carbons (Fsp3) is 0.200. The van der Waals surface area contributed by atoms with Crippen LogP contribution < -0.4 is 15.4 Å². The summed E-state index contributed by atoms with van der Waals surface area (Å²) >= 11 is 6.12. The molecule has 134 valence electrons. The minimum Gasteiger partial charge on any atom is -0.495 e. The van der Waals surface area contributed by atoms with Crippen LogP contribution in [0.3, 0.4) is 0 Å². The van der Waals surface area contributed by atoms with E-state index in [-0.39, 0.29) is 0 Å². The average Bonchev–Trinajstić information content (AvgIpc) is 2.67. The SMILES string of the molecule is CCCNc1cc(-c2ccccc2)nc(Nc2cc(Cl)ccc2OC)n1. The van der Waals surface area contributed by atoms with Gasteiger partial charge in [-0.3, -0.25) is 0 Å². The fourth-order valence-corrected chi connectivity index (χ4v) is 2.67. The van der Waals surface area contributed by atoms with Gasteiger partial charge >= 0.3 is 0 Å².